The first-order valence-corrected chi connectivity index (χ1v) is 6.42. The predicted molar refractivity (Wildman–Crippen MR) is 71.5 cm³/mol. The molecule has 0 nitrogen and oxygen atoms in total. The summed E-state index contributed by atoms with van der Waals surface area (Å²) in [5.74, 6) is 0.870. The monoisotopic (exact) mass is 221 g/mol. The molecule has 0 saturated heterocycles. The molecule has 2 aliphatic rings. The van der Waals surface area contributed by atoms with E-state index in [9.17, 15) is 0 Å². The lowest BCUT2D eigenvalue weighted by Crippen LogP contribution is -1.99. The van der Waals surface area contributed by atoms with Gasteiger partial charge in [-0.1, -0.05) is 50.2 Å². The summed E-state index contributed by atoms with van der Waals surface area (Å²) in [4.78, 5) is 0. The Balaban J connectivity index is 2.12. The molecule has 0 N–H and O–H groups in total. The van der Waals surface area contributed by atoms with Crippen LogP contribution in [0.1, 0.15) is 55.7 Å². The molecular formula is C17H16. The van der Waals surface area contributed by atoms with Gasteiger partial charge in [-0.15, -0.1) is 0 Å². The van der Waals surface area contributed by atoms with Crippen molar-refractivity contribution < 1.29 is 1.37 Å². The maximum Gasteiger partial charge on any atom is 0.0240 e. The molecule has 0 fully saturated rings. The number of benzene rings is 2. The highest BCUT2D eigenvalue weighted by atomic mass is 14.4. The van der Waals surface area contributed by atoms with Gasteiger partial charge in [0.05, 0.1) is 0 Å². The number of hydrogen-bond acceptors (Lipinski definition) is 0. The first-order valence-electron chi connectivity index (χ1n) is 7.12. The molecule has 2 aliphatic carbocycles. The Morgan fingerprint density at radius 3 is 1.94 bits per heavy atom. The van der Waals surface area contributed by atoms with Gasteiger partial charge in [-0.25, -0.2) is 0 Å². The quantitative estimate of drug-likeness (QED) is 0.656. The normalized spacial score (nSPS) is 17.4. The molecule has 0 amide bonds. The summed E-state index contributed by atoms with van der Waals surface area (Å²) in [6.07, 6.45) is 1.17. The zero-order chi connectivity index (χ0) is 12.3. The molecule has 0 heterocycles. The van der Waals surface area contributed by atoms with Crippen LogP contribution < -0.4 is 0 Å². The Morgan fingerprint density at radius 2 is 1.47 bits per heavy atom. The first kappa shape index (κ1) is 8.52. The summed E-state index contributed by atoms with van der Waals surface area (Å²) in [6.45, 7) is 2.73. The van der Waals surface area contributed by atoms with E-state index in [2.05, 4.69) is 43.3 Å². The summed E-state index contributed by atoms with van der Waals surface area (Å²) in [5.41, 5.74) is 8.70. The molecule has 0 saturated carbocycles. The highest BCUT2D eigenvalue weighted by Gasteiger charge is 2.37. The number of rotatable bonds is 1. The van der Waals surface area contributed by atoms with E-state index in [0.29, 0.717) is 18.7 Å². The van der Waals surface area contributed by atoms with Crippen LogP contribution in [-0.4, -0.2) is 0 Å². The third-order valence-corrected chi connectivity index (χ3v) is 4.42. The van der Waals surface area contributed by atoms with Crippen molar-refractivity contribution in [1.82, 2.24) is 0 Å². The minimum absolute atomic E-state index is 0.299. The molecule has 0 atom stereocenters. The van der Waals surface area contributed by atoms with Crippen LogP contribution in [0.5, 0.6) is 0 Å². The Morgan fingerprint density at radius 1 is 0.941 bits per heavy atom. The van der Waals surface area contributed by atoms with Gasteiger partial charge < -0.3 is 0 Å². The van der Waals surface area contributed by atoms with Crippen LogP contribution in [0.3, 0.4) is 0 Å². The standard InChI is InChI=1S/C17H16/c1-3-11-14-8-4-6-12-10(2)13-7-5-9-15(11)17(13)16(12)14/h4-11H,3H2,1-2H3/i2D. The molecular weight excluding hydrogens is 204 g/mol. The van der Waals surface area contributed by atoms with E-state index in [4.69, 9.17) is 1.37 Å². The fraction of sp³-hybridized carbons (Fsp3) is 0.294. The molecule has 4 rings (SSSR count). The van der Waals surface area contributed by atoms with Gasteiger partial charge >= 0.3 is 0 Å². The van der Waals surface area contributed by atoms with E-state index in [1.807, 2.05) is 0 Å². The van der Waals surface area contributed by atoms with E-state index in [1.165, 1.54) is 39.8 Å². The van der Waals surface area contributed by atoms with Crippen LogP contribution in [0.4, 0.5) is 0 Å². The van der Waals surface area contributed by atoms with Crippen molar-refractivity contribution in [2.45, 2.75) is 32.1 Å². The van der Waals surface area contributed by atoms with E-state index in [0.717, 1.165) is 0 Å². The van der Waals surface area contributed by atoms with Gasteiger partial charge in [-0.05, 0) is 39.8 Å². The SMILES string of the molecule is [2H]CC1c2cccc3c2-c2c1cccc2C3CC. The Bertz CT molecular complexity index is 540. The minimum atomic E-state index is 0.299. The van der Waals surface area contributed by atoms with Gasteiger partial charge in [-0.2, -0.15) is 0 Å². The van der Waals surface area contributed by atoms with Crippen LogP contribution in [0.25, 0.3) is 11.1 Å². The molecule has 0 aromatic heterocycles. The van der Waals surface area contributed by atoms with Crippen molar-refractivity contribution in [3.05, 3.63) is 58.7 Å². The van der Waals surface area contributed by atoms with Gasteiger partial charge in [0.15, 0.2) is 0 Å². The van der Waals surface area contributed by atoms with Crippen molar-refractivity contribution >= 4 is 0 Å². The second-order valence-electron chi connectivity index (χ2n) is 5.14. The maximum atomic E-state index is 7.85. The van der Waals surface area contributed by atoms with Crippen molar-refractivity contribution in [3.8, 4) is 11.1 Å². The molecule has 84 valence electrons. The largest absolute Gasteiger partial charge is 0.0645 e. The van der Waals surface area contributed by atoms with Crippen LogP contribution in [0.2, 0.25) is 0 Å². The van der Waals surface area contributed by atoms with Crippen molar-refractivity contribution in [1.29, 1.82) is 0 Å². The van der Waals surface area contributed by atoms with Crippen molar-refractivity contribution in [2.75, 3.05) is 0 Å². The molecule has 0 spiro atoms. The second kappa shape index (κ2) is 3.01. The fourth-order valence-electron chi connectivity index (χ4n) is 3.69. The molecule has 2 aromatic carbocycles. The summed E-state index contributed by atoms with van der Waals surface area (Å²) >= 11 is 0. The number of hydrogen-bond donors (Lipinski definition) is 0. The van der Waals surface area contributed by atoms with Gasteiger partial charge in [0.1, 0.15) is 0 Å². The Kier molecular flexibility index (Phi) is 1.51. The molecule has 0 heteroatoms. The maximum absolute atomic E-state index is 7.85. The lowest BCUT2D eigenvalue weighted by molar-refractivity contribution is 0.790. The van der Waals surface area contributed by atoms with Crippen molar-refractivity contribution in [3.63, 3.8) is 0 Å². The highest BCUT2D eigenvalue weighted by Crippen LogP contribution is 2.56. The Labute approximate surface area is 104 Å². The zero-order valence-corrected chi connectivity index (χ0v) is 10.0. The van der Waals surface area contributed by atoms with E-state index < -0.39 is 0 Å². The fourth-order valence-corrected chi connectivity index (χ4v) is 3.69. The van der Waals surface area contributed by atoms with Crippen LogP contribution in [-0.2, 0) is 0 Å². The van der Waals surface area contributed by atoms with Crippen LogP contribution >= 0.6 is 0 Å². The van der Waals surface area contributed by atoms with Crippen LogP contribution in [0.15, 0.2) is 36.4 Å². The lowest BCUT2D eigenvalue weighted by atomic mass is 9.88. The average Bonchev–Trinajstić information content (AvgIpc) is 2.91. The summed E-state index contributed by atoms with van der Waals surface area (Å²) in [5, 5.41) is 0. The molecule has 0 radical (unpaired) electrons. The molecule has 17 heavy (non-hydrogen) atoms. The van der Waals surface area contributed by atoms with Crippen LogP contribution in [0, 0.1) is 0 Å². The topological polar surface area (TPSA) is 0 Å². The van der Waals surface area contributed by atoms with Gasteiger partial charge in [-0.3, -0.25) is 0 Å². The zero-order valence-electron chi connectivity index (χ0n) is 11.0. The summed E-state index contributed by atoms with van der Waals surface area (Å²) in [7, 11) is 0. The third kappa shape index (κ3) is 0.952. The third-order valence-electron chi connectivity index (χ3n) is 4.42. The second-order valence-corrected chi connectivity index (χ2v) is 5.14. The van der Waals surface area contributed by atoms with E-state index in [1.54, 1.807) is 0 Å². The molecule has 0 unspecified atom stereocenters. The lowest BCUT2D eigenvalue weighted by Gasteiger charge is -2.15. The molecule has 0 aliphatic heterocycles. The summed E-state index contributed by atoms with van der Waals surface area (Å²) in [6, 6.07) is 13.4. The van der Waals surface area contributed by atoms with Crippen molar-refractivity contribution in [2.24, 2.45) is 0 Å². The predicted octanol–water partition coefficient (Wildman–Crippen LogP) is 4.67. The van der Waals surface area contributed by atoms with Gasteiger partial charge in [0.2, 0.25) is 0 Å². The highest BCUT2D eigenvalue weighted by molar-refractivity contribution is 5.89. The molecule has 0 bridgehead atoms. The first-order chi connectivity index (χ1) is 8.86. The molecule has 2 aromatic rings. The smallest absolute Gasteiger partial charge is 0.0240 e. The van der Waals surface area contributed by atoms with Gasteiger partial charge in [0, 0.05) is 13.2 Å². The van der Waals surface area contributed by atoms with Gasteiger partial charge in [0.25, 0.3) is 0 Å². The summed E-state index contributed by atoms with van der Waals surface area (Å²) < 4.78 is 7.85. The average molecular weight is 221 g/mol. The Hall–Kier alpha value is -1.56. The van der Waals surface area contributed by atoms with E-state index in [-0.39, 0.29) is 0 Å². The minimum Gasteiger partial charge on any atom is -0.0645 e. The van der Waals surface area contributed by atoms with E-state index >= 15 is 0 Å².